The monoisotopic (exact) mass is 305 g/mol. The van der Waals surface area contributed by atoms with Gasteiger partial charge >= 0.3 is 0 Å². The SMILES string of the molecule is CN=C(NCc1ncc(C)s1)N1CCC(N2CC=CC2)C1. The van der Waals surface area contributed by atoms with Crippen LogP contribution >= 0.6 is 11.3 Å². The number of aliphatic imine (C=N–C) groups is 1. The number of guanidine groups is 1. The van der Waals surface area contributed by atoms with Crippen LogP contribution in [0.2, 0.25) is 0 Å². The minimum atomic E-state index is 0.653. The van der Waals surface area contributed by atoms with Crippen molar-refractivity contribution >= 4 is 17.3 Å². The van der Waals surface area contributed by atoms with Gasteiger partial charge in [0.2, 0.25) is 0 Å². The van der Waals surface area contributed by atoms with Crippen molar-refractivity contribution in [2.75, 3.05) is 33.2 Å². The highest BCUT2D eigenvalue weighted by Crippen LogP contribution is 2.18. The molecule has 3 heterocycles. The third-order valence-corrected chi connectivity index (χ3v) is 5.02. The summed E-state index contributed by atoms with van der Waals surface area (Å²) < 4.78 is 0. The van der Waals surface area contributed by atoms with Gasteiger partial charge in [-0.15, -0.1) is 11.3 Å². The van der Waals surface area contributed by atoms with Gasteiger partial charge in [-0.2, -0.15) is 0 Å². The lowest BCUT2D eigenvalue weighted by Crippen LogP contribution is -2.42. The molecule has 1 N–H and O–H groups in total. The van der Waals surface area contributed by atoms with E-state index in [-0.39, 0.29) is 0 Å². The smallest absolute Gasteiger partial charge is 0.194 e. The van der Waals surface area contributed by atoms with Crippen LogP contribution in [0.1, 0.15) is 16.3 Å². The zero-order chi connectivity index (χ0) is 14.7. The fourth-order valence-corrected chi connectivity index (χ4v) is 3.72. The third kappa shape index (κ3) is 3.44. The summed E-state index contributed by atoms with van der Waals surface area (Å²) in [6.07, 6.45) is 7.68. The normalized spacial score (nSPS) is 23.2. The molecule has 5 nitrogen and oxygen atoms in total. The number of hydrogen-bond donors (Lipinski definition) is 1. The van der Waals surface area contributed by atoms with E-state index in [0.29, 0.717) is 6.04 Å². The molecule has 0 aromatic carbocycles. The summed E-state index contributed by atoms with van der Waals surface area (Å²) in [5, 5.41) is 4.56. The van der Waals surface area contributed by atoms with Gasteiger partial charge < -0.3 is 10.2 Å². The number of rotatable bonds is 3. The Morgan fingerprint density at radius 3 is 2.95 bits per heavy atom. The molecule has 0 aliphatic carbocycles. The van der Waals surface area contributed by atoms with Crippen molar-refractivity contribution < 1.29 is 0 Å². The van der Waals surface area contributed by atoms with Crippen LogP contribution in [-0.4, -0.2) is 60.0 Å². The van der Waals surface area contributed by atoms with E-state index < -0.39 is 0 Å². The Balaban J connectivity index is 1.52. The molecule has 2 aliphatic rings. The Labute approximate surface area is 130 Å². The maximum atomic E-state index is 4.43. The molecular weight excluding hydrogens is 282 g/mol. The van der Waals surface area contributed by atoms with Gasteiger partial charge in [-0.1, -0.05) is 12.2 Å². The second kappa shape index (κ2) is 6.58. The van der Waals surface area contributed by atoms with Gasteiger partial charge in [-0.3, -0.25) is 9.89 Å². The molecule has 0 saturated carbocycles. The van der Waals surface area contributed by atoms with Crippen molar-refractivity contribution in [1.29, 1.82) is 0 Å². The van der Waals surface area contributed by atoms with E-state index in [1.165, 1.54) is 11.3 Å². The van der Waals surface area contributed by atoms with Crippen molar-refractivity contribution in [1.82, 2.24) is 20.1 Å². The van der Waals surface area contributed by atoms with Crippen molar-refractivity contribution in [2.45, 2.75) is 25.9 Å². The zero-order valence-corrected chi connectivity index (χ0v) is 13.6. The molecule has 2 aliphatic heterocycles. The maximum absolute atomic E-state index is 4.43. The van der Waals surface area contributed by atoms with E-state index in [1.807, 2.05) is 13.2 Å². The van der Waals surface area contributed by atoms with E-state index in [1.54, 1.807) is 11.3 Å². The molecule has 1 atom stereocenters. The van der Waals surface area contributed by atoms with Gasteiger partial charge in [0.05, 0.1) is 6.54 Å². The summed E-state index contributed by atoms with van der Waals surface area (Å²) in [6.45, 7) is 7.20. The molecule has 1 aromatic rings. The highest BCUT2D eigenvalue weighted by molar-refractivity contribution is 7.11. The zero-order valence-electron chi connectivity index (χ0n) is 12.7. The molecule has 1 saturated heterocycles. The number of aromatic nitrogens is 1. The average Bonchev–Trinajstić information content (AvgIpc) is 3.19. The number of nitrogens with zero attached hydrogens (tertiary/aromatic N) is 4. The number of hydrogen-bond acceptors (Lipinski definition) is 4. The number of likely N-dealkylation sites (tertiary alicyclic amines) is 1. The molecule has 3 rings (SSSR count). The van der Waals surface area contributed by atoms with Crippen LogP contribution in [0.15, 0.2) is 23.3 Å². The van der Waals surface area contributed by atoms with E-state index in [4.69, 9.17) is 0 Å². The molecule has 0 bridgehead atoms. The van der Waals surface area contributed by atoms with Gasteiger partial charge in [0.1, 0.15) is 5.01 Å². The first kappa shape index (κ1) is 14.5. The minimum Gasteiger partial charge on any atom is -0.350 e. The molecule has 21 heavy (non-hydrogen) atoms. The first-order valence-electron chi connectivity index (χ1n) is 7.52. The number of nitrogens with one attached hydrogen (secondary N) is 1. The third-order valence-electron chi connectivity index (χ3n) is 4.10. The molecule has 1 aromatic heterocycles. The van der Waals surface area contributed by atoms with Crippen LogP contribution in [0, 0.1) is 6.92 Å². The van der Waals surface area contributed by atoms with E-state index in [2.05, 4.69) is 44.2 Å². The Bertz CT molecular complexity index is 528. The summed E-state index contributed by atoms with van der Waals surface area (Å²) in [7, 11) is 1.86. The van der Waals surface area contributed by atoms with Gasteiger partial charge in [0.25, 0.3) is 0 Å². The number of thiazole rings is 1. The maximum Gasteiger partial charge on any atom is 0.194 e. The van der Waals surface area contributed by atoms with Gasteiger partial charge in [0.15, 0.2) is 5.96 Å². The summed E-state index contributed by atoms with van der Waals surface area (Å²) in [6, 6.07) is 0.653. The first-order chi connectivity index (χ1) is 10.3. The Morgan fingerprint density at radius 2 is 2.29 bits per heavy atom. The summed E-state index contributed by atoms with van der Waals surface area (Å²) in [5.41, 5.74) is 0. The summed E-state index contributed by atoms with van der Waals surface area (Å²) >= 11 is 1.74. The lowest BCUT2D eigenvalue weighted by Gasteiger charge is -2.25. The van der Waals surface area contributed by atoms with Crippen LogP contribution in [-0.2, 0) is 6.54 Å². The first-order valence-corrected chi connectivity index (χ1v) is 8.34. The fourth-order valence-electron chi connectivity index (χ4n) is 2.99. The largest absolute Gasteiger partial charge is 0.350 e. The molecule has 114 valence electrons. The van der Waals surface area contributed by atoms with Gasteiger partial charge in [-0.05, 0) is 13.3 Å². The molecule has 6 heteroatoms. The van der Waals surface area contributed by atoms with E-state index in [9.17, 15) is 0 Å². The van der Waals surface area contributed by atoms with Crippen molar-refractivity contribution in [3.05, 3.63) is 28.2 Å². The van der Waals surface area contributed by atoms with Gasteiger partial charge in [-0.25, -0.2) is 4.98 Å². The Hall–Kier alpha value is -1.40. The average molecular weight is 305 g/mol. The molecule has 1 fully saturated rings. The van der Waals surface area contributed by atoms with Gasteiger partial charge in [0, 0.05) is 50.3 Å². The van der Waals surface area contributed by atoms with Crippen molar-refractivity contribution in [2.24, 2.45) is 4.99 Å². The Morgan fingerprint density at radius 1 is 1.48 bits per heavy atom. The predicted molar refractivity (Wildman–Crippen MR) is 87.7 cm³/mol. The second-order valence-electron chi connectivity index (χ2n) is 5.58. The lowest BCUT2D eigenvalue weighted by molar-refractivity contribution is 0.259. The standard InChI is InChI=1S/C15H23N5S/c1-12-9-17-14(21-12)10-18-15(16-2)20-8-5-13(11-20)19-6-3-4-7-19/h3-4,9,13H,5-8,10-11H2,1-2H3,(H,16,18). The summed E-state index contributed by atoms with van der Waals surface area (Å²) in [5.74, 6) is 0.998. The minimum absolute atomic E-state index is 0.653. The molecule has 0 radical (unpaired) electrons. The van der Waals surface area contributed by atoms with Crippen LogP contribution in [0.25, 0.3) is 0 Å². The fraction of sp³-hybridized carbons (Fsp3) is 0.600. The molecule has 1 unspecified atom stereocenters. The highest BCUT2D eigenvalue weighted by Gasteiger charge is 2.29. The van der Waals surface area contributed by atoms with Crippen LogP contribution in [0.5, 0.6) is 0 Å². The topological polar surface area (TPSA) is 43.8 Å². The van der Waals surface area contributed by atoms with Crippen molar-refractivity contribution in [3.8, 4) is 0 Å². The molecular formula is C15H23N5S. The van der Waals surface area contributed by atoms with Crippen molar-refractivity contribution in [3.63, 3.8) is 0 Å². The predicted octanol–water partition coefficient (Wildman–Crippen LogP) is 1.47. The summed E-state index contributed by atoms with van der Waals surface area (Å²) in [4.78, 5) is 15.0. The Kier molecular flexibility index (Phi) is 4.55. The lowest BCUT2D eigenvalue weighted by atomic mass is 10.2. The van der Waals surface area contributed by atoms with Crippen LogP contribution < -0.4 is 5.32 Å². The van der Waals surface area contributed by atoms with Crippen LogP contribution in [0.3, 0.4) is 0 Å². The number of aryl methyl sites for hydroxylation is 1. The molecule has 0 spiro atoms. The highest BCUT2D eigenvalue weighted by atomic mass is 32.1. The van der Waals surface area contributed by atoms with Crippen LogP contribution in [0.4, 0.5) is 0 Å². The quantitative estimate of drug-likeness (QED) is 0.522. The molecule has 0 amide bonds. The second-order valence-corrected chi connectivity index (χ2v) is 6.90. The van der Waals surface area contributed by atoms with E-state index in [0.717, 1.165) is 43.7 Å². The van der Waals surface area contributed by atoms with E-state index >= 15 is 0 Å².